The highest BCUT2D eigenvalue weighted by Gasteiger charge is 2.11. The molecule has 0 spiro atoms. The second-order valence-electron chi connectivity index (χ2n) is 6.26. The Morgan fingerprint density at radius 3 is 2.64 bits per heavy atom. The van der Waals surface area contributed by atoms with Gasteiger partial charge in [-0.2, -0.15) is 5.26 Å². The second kappa shape index (κ2) is 7.25. The summed E-state index contributed by atoms with van der Waals surface area (Å²) >= 11 is 0. The summed E-state index contributed by atoms with van der Waals surface area (Å²) in [5.41, 5.74) is 10.8. The van der Waals surface area contributed by atoms with Crippen LogP contribution in [-0.4, -0.2) is 29.9 Å². The van der Waals surface area contributed by atoms with Crippen LogP contribution in [0.4, 0.5) is 5.95 Å². The Morgan fingerprint density at radius 2 is 1.82 bits per heavy atom. The summed E-state index contributed by atoms with van der Waals surface area (Å²) in [6.07, 6.45) is 1.79. The van der Waals surface area contributed by atoms with E-state index in [2.05, 4.69) is 31.3 Å². The van der Waals surface area contributed by atoms with Crippen LogP contribution in [0.3, 0.4) is 0 Å². The molecule has 3 aromatic heterocycles. The number of nitrogens with zero attached hydrogens (tertiary/aromatic N) is 7. The lowest BCUT2D eigenvalue weighted by Crippen LogP contribution is -2.03. The van der Waals surface area contributed by atoms with E-state index >= 15 is 0 Å². The molecule has 0 aliphatic heterocycles. The zero-order chi connectivity index (χ0) is 19.5. The Balaban J connectivity index is 1.65. The van der Waals surface area contributed by atoms with Crippen molar-refractivity contribution < 1.29 is 0 Å². The fourth-order valence-electron chi connectivity index (χ4n) is 2.84. The van der Waals surface area contributed by atoms with Crippen LogP contribution in [0.2, 0.25) is 0 Å². The third-order valence-electron chi connectivity index (χ3n) is 4.10. The minimum absolute atomic E-state index is 0.129. The maximum atomic E-state index is 9.10. The zero-order valence-corrected chi connectivity index (χ0v) is 15.1. The molecule has 4 aromatic rings. The predicted octanol–water partition coefficient (Wildman–Crippen LogP) is 2.61. The molecule has 0 aliphatic carbocycles. The second-order valence-corrected chi connectivity index (χ2v) is 6.26. The monoisotopic (exact) mass is 368 g/mol. The van der Waals surface area contributed by atoms with Crippen LogP contribution in [0.1, 0.15) is 17.0 Å². The van der Waals surface area contributed by atoms with Gasteiger partial charge in [-0.3, -0.25) is 4.98 Å². The van der Waals surface area contributed by atoms with Gasteiger partial charge in [-0.25, -0.2) is 14.6 Å². The molecule has 8 nitrogen and oxygen atoms in total. The molecule has 0 fully saturated rings. The fraction of sp³-hybridized carbons (Fsp3) is 0.100. The standard InChI is InChI=1S/C20H16N8/c1-13-4-2-7-16(23-13)11-28-12-19(26-27-28)18-9-17(24-20(22)25-18)15-6-3-5-14(8-15)10-21/h2-9,12H,11H2,1H3,(H2,22,24,25). The van der Waals surface area contributed by atoms with Crippen molar-refractivity contribution in [3.8, 4) is 28.7 Å². The van der Waals surface area contributed by atoms with Crippen LogP contribution in [0.5, 0.6) is 0 Å². The largest absolute Gasteiger partial charge is 0.368 e. The van der Waals surface area contributed by atoms with E-state index in [0.717, 1.165) is 17.0 Å². The van der Waals surface area contributed by atoms with Gasteiger partial charge in [0.25, 0.3) is 0 Å². The van der Waals surface area contributed by atoms with Gasteiger partial charge in [-0.15, -0.1) is 5.10 Å². The Morgan fingerprint density at radius 1 is 1.00 bits per heavy atom. The Kier molecular flexibility index (Phi) is 4.48. The molecule has 0 saturated heterocycles. The van der Waals surface area contributed by atoms with Gasteiger partial charge >= 0.3 is 0 Å². The van der Waals surface area contributed by atoms with Crippen LogP contribution in [0.15, 0.2) is 54.7 Å². The number of hydrogen-bond acceptors (Lipinski definition) is 7. The fourth-order valence-corrected chi connectivity index (χ4v) is 2.84. The number of aromatic nitrogens is 6. The van der Waals surface area contributed by atoms with Crippen molar-refractivity contribution in [3.05, 3.63) is 71.7 Å². The van der Waals surface area contributed by atoms with E-state index in [1.165, 1.54) is 0 Å². The molecule has 1 aromatic carbocycles. The summed E-state index contributed by atoms with van der Waals surface area (Å²) < 4.78 is 1.70. The summed E-state index contributed by atoms with van der Waals surface area (Å²) in [5.74, 6) is 0.129. The number of pyridine rings is 1. The highest BCUT2D eigenvalue weighted by molar-refractivity contribution is 5.68. The number of nitrogens with two attached hydrogens (primary N) is 1. The van der Waals surface area contributed by atoms with Gasteiger partial charge in [-0.1, -0.05) is 23.4 Å². The summed E-state index contributed by atoms with van der Waals surface area (Å²) in [6, 6.07) is 16.9. The van der Waals surface area contributed by atoms with Gasteiger partial charge in [-0.05, 0) is 37.3 Å². The van der Waals surface area contributed by atoms with E-state index in [1.807, 2.05) is 31.2 Å². The van der Waals surface area contributed by atoms with Crippen LogP contribution < -0.4 is 5.73 Å². The van der Waals surface area contributed by atoms with Crippen LogP contribution in [-0.2, 0) is 6.54 Å². The van der Waals surface area contributed by atoms with Gasteiger partial charge in [0.15, 0.2) is 0 Å². The van der Waals surface area contributed by atoms with E-state index in [4.69, 9.17) is 11.0 Å². The van der Waals surface area contributed by atoms with E-state index in [1.54, 1.807) is 35.1 Å². The van der Waals surface area contributed by atoms with Gasteiger partial charge < -0.3 is 5.73 Å². The molecule has 0 saturated carbocycles. The first-order valence-corrected chi connectivity index (χ1v) is 8.59. The van der Waals surface area contributed by atoms with Crippen molar-refractivity contribution >= 4 is 5.95 Å². The summed E-state index contributed by atoms with van der Waals surface area (Å²) in [4.78, 5) is 13.0. The van der Waals surface area contributed by atoms with E-state index < -0.39 is 0 Å². The summed E-state index contributed by atoms with van der Waals surface area (Å²) in [6.45, 7) is 2.45. The molecule has 3 heterocycles. The minimum atomic E-state index is 0.129. The number of rotatable bonds is 4. The zero-order valence-electron chi connectivity index (χ0n) is 15.1. The molecule has 28 heavy (non-hydrogen) atoms. The molecule has 0 bridgehead atoms. The van der Waals surface area contributed by atoms with Gasteiger partial charge in [0, 0.05) is 11.3 Å². The first kappa shape index (κ1) is 17.3. The van der Waals surface area contributed by atoms with Crippen molar-refractivity contribution in [2.24, 2.45) is 0 Å². The first-order chi connectivity index (χ1) is 13.6. The van der Waals surface area contributed by atoms with Crippen molar-refractivity contribution in [1.29, 1.82) is 5.26 Å². The SMILES string of the molecule is Cc1cccc(Cn2cc(-c3cc(-c4cccc(C#N)c4)nc(N)n3)nn2)n1. The minimum Gasteiger partial charge on any atom is -0.368 e. The maximum Gasteiger partial charge on any atom is 0.221 e. The molecule has 0 unspecified atom stereocenters. The lowest BCUT2D eigenvalue weighted by atomic mass is 10.1. The topological polar surface area (TPSA) is 119 Å². The van der Waals surface area contributed by atoms with Crippen LogP contribution >= 0.6 is 0 Å². The molecule has 0 aliphatic rings. The third kappa shape index (κ3) is 3.68. The number of benzene rings is 1. The molecule has 2 N–H and O–H groups in total. The molecule has 0 amide bonds. The lowest BCUT2D eigenvalue weighted by Gasteiger charge is -2.05. The number of hydrogen-bond donors (Lipinski definition) is 1. The van der Waals surface area contributed by atoms with Crippen molar-refractivity contribution in [3.63, 3.8) is 0 Å². The molecule has 0 atom stereocenters. The Labute approximate surface area is 161 Å². The van der Waals surface area contributed by atoms with E-state index in [0.29, 0.717) is 29.2 Å². The number of nitriles is 1. The summed E-state index contributed by atoms with van der Waals surface area (Å²) in [7, 11) is 0. The normalized spacial score (nSPS) is 10.6. The molecular weight excluding hydrogens is 352 g/mol. The number of anilines is 1. The highest BCUT2D eigenvalue weighted by Crippen LogP contribution is 2.24. The molecule has 8 heteroatoms. The van der Waals surface area contributed by atoms with Crippen LogP contribution in [0.25, 0.3) is 22.6 Å². The number of nitrogen functional groups attached to an aromatic ring is 1. The lowest BCUT2D eigenvalue weighted by molar-refractivity contribution is 0.637. The van der Waals surface area contributed by atoms with Crippen molar-refractivity contribution in [2.45, 2.75) is 13.5 Å². The molecule has 136 valence electrons. The van der Waals surface area contributed by atoms with Crippen molar-refractivity contribution in [1.82, 2.24) is 29.9 Å². The first-order valence-electron chi connectivity index (χ1n) is 8.59. The van der Waals surface area contributed by atoms with Gasteiger partial charge in [0.05, 0.1) is 41.5 Å². The van der Waals surface area contributed by atoms with E-state index in [9.17, 15) is 0 Å². The molecule has 0 radical (unpaired) electrons. The Hall–Kier alpha value is -4.12. The average Bonchev–Trinajstić information content (AvgIpc) is 3.16. The average molecular weight is 368 g/mol. The van der Waals surface area contributed by atoms with E-state index in [-0.39, 0.29) is 5.95 Å². The quantitative estimate of drug-likeness (QED) is 0.588. The maximum absolute atomic E-state index is 9.10. The van der Waals surface area contributed by atoms with Gasteiger partial charge in [0.2, 0.25) is 5.95 Å². The Bertz CT molecular complexity index is 1190. The predicted molar refractivity (Wildman–Crippen MR) is 104 cm³/mol. The van der Waals surface area contributed by atoms with Crippen molar-refractivity contribution in [2.75, 3.05) is 5.73 Å². The number of aryl methyl sites for hydroxylation is 1. The molecule has 4 rings (SSSR count). The van der Waals surface area contributed by atoms with Gasteiger partial charge in [0.1, 0.15) is 5.69 Å². The molecular formula is C20H16N8. The smallest absolute Gasteiger partial charge is 0.221 e. The van der Waals surface area contributed by atoms with Crippen LogP contribution in [0, 0.1) is 18.3 Å². The third-order valence-corrected chi connectivity index (χ3v) is 4.10. The highest BCUT2D eigenvalue weighted by atomic mass is 15.4. The summed E-state index contributed by atoms with van der Waals surface area (Å²) in [5, 5.41) is 17.5.